The highest BCUT2D eigenvalue weighted by Gasteiger charge is 2.22. The first-order chi connectivity index (χ1) is 14.5. The summed E-state index contributed by atoms with van der Waals surface area (Å²) in [6.45, 7) is 0. The van der Waals surface area contributed by atoms with E-state index in [1.165, 1.54) is 12.1 Å². The smallest absolute Gasteiger partial charge is 0.335 e. The molecule has 0 saturated heterocycles. The van der Waals surface area contributed by atoms with Gasteiger partial charge in [-0.1, -0.05) is 78.5 Å². The zero-order valence-electron chi connectivity index (χ0n) is 16.2. The van der Waals surface area contributed by atoms with E-state index >= 15 is 0 Å². The van der Waals surface area contributed by atoms with E-state index in [0.717, 1.165) is 17.3 Å². The lowest BCUT2D eigenvalue weighted by Gasteiger charge is -2.17. The average Bonchev–Trinajstić information content (AvgIpc) is 2.77. The molecule has 5 nitrogen and oxygen atoms in total. The van der Waals surface area contributed by atoms with E-state index in [9.17, 15) is 14.4 Å². The maximum Gasteiger partial charge on any atom is 0.335 e. The Hall–Kier alpha value is -3.38. The van der Waals surface area contributed by atoms with Crippen molar-refractivity contribution in [2.75, 3.05) is 11.1 Å². The van der Waals surface area contributed by atoms with Gasteiger partial charge in [-0.15, -0.1) is 0 Å². The fourth-order valence-corrected chi connectivity index (χ4v) is 3.86. The normalized spacial score (nSPS) is 11.5. The maximum atomic E-state index is 13.0. The van der Waals surface area contributed by atoms with Gasteiger partial charge in [0, 0.05) is 17.0 Å². The zero-order valence-corrected chi connectivity index (χ0v) is 17.0. The van der Waals surface area contributed by atoms with Crippen molar-refractivity contribution in [1.82, 2.24) is 0 Å². The molecule has 0 aliphatic heterocycles. The van der Waals surface area contributed by atoms with Crippen LogP contribution in [0.3, 0.4) is 0 Å². The van der Waals surface area contributed by atoms with Crippen LogP contribution in [-0.2, 0) is 11.2 Å². The van der Waals surface area contributed by atoms with Gasteiger partial charge in [-0.2, -0.15) is 0 Å². The molecule has 0 spiro atoms. The van der Waals surface area contributed by atoms with Gasteiger partial charge < -0.3 is 10.4 Å². The number of hydrogen-bond acceptors (Lipinski definition) is 4. The van der Waals surface area contributed by atoms with Gasteiger partial charge in [0.05, 0.1) is 11.5 Å². The van der Waals surface area contributed by atoms with Crippen molar-refractivity contribution in [3.05, 3.63) is 102 Å². The summed E-state index contributed by atoms with van der Waals surface area (Å²) in [5.41, 5.74) is 2.10. The third-order valence-electron chi connectivity index (χ3n) is 4.50. The lowest BCUT2D eigenvalue weighted by molar-refractivity contribution is -0.119. The number of carboxylic acids is 1. The Bertz CT molecular complexity index is 1020. The minimum Gasteiger partial charge on any atom is -0.478 e. The number of thioether (sulfide) groups is 1. The van der Waals surface area contributed by atoms with Crippen molar-refractivity contribution >= 4 is 34.4 Å². The minimum atomic E-state index is -1.06. The van der Waals surface area contributed by atoms with E-state index < -0.39 is 11.9 Å². The van der Waals surface area contributed by atoms with Gasteiger partial charge >= 0.3 is 5.97 Å². The molecular formula is C24H21NO4S. The Labute approximate surface area is 179 Å². The molecule has 3 rings (SSSR count). The van der Waals surface area contributed by atoms with Gasteiger partial charge in [-0.3, -0.25) is 9.59 Å². The number of hydrogen-bond donors (Lipinski definition) is 2. The van der Waals surface area contributed by atoms with Crippen LogP contribution in [0.15, 0.2) is 84.9 Å². The van der Waals surface area contributed by atoms with Crippen LogP contribution < -0.4 is 5.32 Å². The van der Waals surface area contributed by atoms with Gasteiger partial charge in [-0.05, 0) is 30.2 Å². The van der Waals surface area contributed by atoms with Gasteiger partial charge in [0.1, 0.15) is 0 Å². The van der Waals surface area contributed by atoms with Crippen LogP contribution in [0.4, 0.5) is 5.69 Å². The number of anilines is 1. The summed E-state index contributed by atoms with van der Waals surface area (Å²) >= 11 is 1.11. The molecule has 0 bridgehead atoms. The number of nitrogens with one attached hydrogen (secondary N) is 1. The average molecular weight is 420 g/mol. The van der Waals surface area contributed by atoms with Crippen LogP contribution in [0.5, 0.6) is 0 Å². The van der Waals surface area contributed by atoms with Crippen LogP contribution >= 0.6 is 11.8 Å². The van der Waals surface area contributed by atoms with Gasteiger partial charge in [0.2, 0.25) is 11.0 Å². The molecule has 3 aromatic rings. The topological polar surface area (TPSA) is 83.5 Å². The number of carbonyl (C=O) groups excluding carboxylic acids is 2. The lowest BCUT2D eigenvalue weighted by atomic mass is 10.00. The Morgan fingerprint density at radius 2 is 1.47 bits per heavy atom. The number of amides is 1. The van der Waals surface area contributed by atoms with E-state index in [4.69, 9.17) is 5.11 Å². The molecule has 1 unspecified atom stereocenters. The summed E-state index contributed by atoms with van der Waals surface area (Å²) < 4.78 is 0. The molecule has 0 fully saturated rings. The van der Waals surface area contributed by atoms with Crippen molar-refractivity contribution < 1.29 is 19.5 Å². The predicted octanol–water partition coefficient (Wildman–Crippen LogP) is 4.76. The summed E-state index contributed by atoms with van der Waals surface area (Å²) in [5.74, 6) is -1.46. The van der Waals surface area contributed by atoms with Crippen molar-refractivity contribution in [2.24, 2.45) is 5.92 Å². The first-order valence-electron chi connectivity index (χ1n) is 9.43. The number of carboxylic acid groups (broad SMARTS) is 1. The molecule has 1 atom stereocenters. The monoisotopic (exact) mass is 419 g/mol. The Morgan fingerprint density at radius 3 is 2.13 bits per heavy atom. The molecule has 2 N–H and O–H groups in total. The van der Waals surface area contributed by atoms with E-state index in [0.29, 0.717) is 23.4 Å². The zero-order chi connectivity index (χ0) is 21.3. The quantitative estimate of drug-likeness (QED) is 0.550. The second-order valence-electron chi connectivity index (χ2n) is 6.73. The van der Waals surface area contributed by atoms with Crippen LogP contribution in [0.2, 0.25) is 0 Å². The fourth-order valence-electron chi connectivity index (χ4n) is 2.93. The molecule has 0 saturated carbocycles. The van der Waals surface area contributed by atoms with Crippen molar-refractivity contribution in [1.29, 1.82) is 0 Å². The number of rotatable bonds is 8. The SMILES string of the molecule is O=C(O)c1cccc(NC(=O)C(CSC(=O)c2ccccc2)Cc2ccccc2)c1. The second-order valence-corrected chi connectivity index (χ2v) is 7.72. The van der Waals surface area contributed by atoms with E-state index in [-0.39, 0.29) is 16.6 Å². The predicted molar refractivity (Wildman–Crippen MR) is 119 cm³/mol. The van der Waals surface area contributed by atoms with Crippen LogP contribution in [0.25, 0.3) is 0 Å². The Morgan fingerprint density at radius 1 is 0.833 bits per heavy atom. The van der Waals surface area contributed by atoms with Gasteiger partial charge in [0.15, 0.2) is 0 Å². The summed E-state index contributed by atoms with van der Waals surface area (Å²) in [5, 5.41) is 11.9. The molecule has 152 valence electrons. The van der Waals surface area contributed by atoms with Crippen molar-refractivity contribution in [2.45, 2.75) is 6.42 Å². The molecule has 0 aliphatic rings. The molecule has 0 aromatic heterocycles. The van der Waals surface area contributed by atoms with Gasteiger partial charge in [-0.25, -0.2) is 4.79 Å². The first-order valence-corrected chi connectivity index (χ1v) is 10.4. The molecule has 1 amide bonds. The summed E-state index contributed by atoms with van der Waals surface area (Å²) in [6.07, 6.45) is 0.473. The number of aromatic carboxylic acids is 1. The van der Waals surface area contributed by atoms with Crippen molar-refractivity contribution in [3.63, 3.8) is 0 Å². The highest BCUT2D eigenvalue weighted by molar-refractivity contribution is 8.14. The lowest BCUT2D eigenvalue weighted by Crippen LogP contribution is -2.27. The first kappa shape index (κ1) is 21.3. The molecule has 3 aromatic carbocycles. The highest BCUT2D eigenvalue weighted by Crippen LogP contribution is 2.21. The Balaban J connectivity index is 1.73. The molecule has 30 heavy (non-hydrogen) atoms. The number of benzene rings is 3. The summed E-state index contributed by atoms with van der Waals surface area (Å²) in [4.78, 5) is 36.6. The van der Waals surface area contributed by atoms with Crippen LogP contribution in [0.1, 0.15) is 26.3 Å². The molecular weight excluding hydrogens is 398 g/mol. The fraction of sp³-hybridized carbons (Fsp3) is 0.125. The van der Waals surface area contributed by atoms with Gasteiger partial charge in [0.25, 0.3) is 0 Å². The molecule has 0 aliphatic carbocycles. The van der Waals surface area contributed by atoms with Crippen molar-refractivity contribution in [3.8, 4) is 0 Å². The van der Waals surface area contributed by atoms with Crippen LogP contribution in [-0.4, -0.2) is 27.9 Å². The molecule has 6 heteroatoms. The van der Waals surface area contributed by atoms with E-state index in [1.54, 1.807) is 36.4 Å². The maximum absolute atomic E-state index is 13.0. The second kappa shape index (κ2) is 10.4. The largest absolute Gasteiger partial charge is 0.478 e. The van der Waals surface area contributed by atoms with E-state index in [1.807, 2.05) is 36.4 Å². The number of carbonyl (C=O) groups is 3. The third kappa shape index (κ3) is 6.06. The molecule has 0 radical (unpaired) electrons. The Kier molecular flexibility index (Phi) is 7.40. The third-order valence-corrected chi connectivity index (χ3v) is 5.56. The minimum absolute atomic E-state index is 0.0886. The molecule has 0 heterocycles. The highest BCUT2D eigenvalue weighted by atomic mass is 32.2. The summed E-state index contributed by atoms with van der Waals surface area (Å²) in [6, 6.07) is 24.7. The van der Waals surface area contributed by atoms with Crippen LogP contribution in [0, 0.1) is 5.92 Å². The van der Waals surface area contributed by atoms with E-state index in [2.05, 4.69) is 5.32 Å². The standard InChI is InChI=1S/C24H21NO4S/c26-22(25-21-13-7-12-19(15-21)23(27)28)20(14-17-8-3-1-4-9-17)16-30-24(29)18-10-5-2-6-11-18/h1-13,15,20H,14,16H2,(H,25,26)(H,27,28). The summed E-state index contributed by atoms with van der Waals surface area (Å²) in [7, 11) is 0.